The minimum atomic E-state index is -0.262. The fourth-order valence-corrected chi connectivity index (χ4v) is 3.87. The van der Waals surface area contributed by atoms with Crippen molar-refractivity contribution in [1.29, 1.82) is 0 Å². The van der Waals surface area contributed by atoms with Gasteiger partial charge in [0.25, 0.3) is 11.5 Å². The molecule has 0 fully saturated rings. The van der Waals surface area contributed by atoms with Gasteiger partial charge < -0.3 is 15.0 Å². The van der Waals surface area contributed by atoms with Crippen LogP contribution in [0, 0.1) is 0 Å². The fourth-order valence-electron chi connectivity index (χ4n) is 3.87. The number of aryl methyl sites for hydroxylation is 1. The summed E-state index contributed by atoms with van der Waals surface area (Å²) in [5, 5.41) is 9.66. The summed E-state index contributed by atoms with van der Waals surface area (Å²) in [5.41, 5.74) is 5.35. The van der Waals surface area contributed by atoms with Crippen LogP contribution < -0.4 is 15.6 Å². The number of amides is 1. The van der Waals surface area contributed by atoms with Crippen LogP contribution in [0.15, 0.2) is 29.2 Å². The quantitative estimate of drug-likeness (QED) is 0.558. The zero-order valence-electron chi connectivity index (χ0n) is 17.9. The molecule has 1 aliphatic rings. The lowest BCUT2D eigenvalue weighted by Gasteiger charge is -2.26. The van der Waals surface area contributed by atoms with Crippen molar-refractivity contribution in [2.24, 2.45) is 0 Å². The van der Waals surface area contributed by atoms with Crippen molar-refractivity contribution in [3.63, 3.8) is 0 Å². The van der Waals surface area contributed by atoms with E-state index < -0.39 is 0 Å². The van der Waals surface area contributed by atoms with Crippen molar-refractivity contribution in [3.8, 4) is 5.75 Å². The average molecular weight is 422 g/mol. The predicted octanol–water partition coefficient (Wildman–Crippen LogP) is 1.87. The van der Waals surface area contributed by atoms with Crippen LogP contribution in [0.1, 0.15) is 40.7 Å². The molecule has 0 aromatic carbocycles. The van der Waals surface area contributed by atoms with E-state index in [1.807, 2.05) is 25.3 Å². The Balaban J connectivity index is 1.49. The summed E-state index contributed by atoms with van der Waals surface area (Å²) in [6.45, 7) is 4.26. The zero-order valence-corrected chi connectivity index (χ0v) is 17.9. The molecule has 9 nitrogen and oxygen atoms in total. The van der Waals surface area contributed by atoms with Crippen LogP contribution >= 0.6 is 0 Å². The number of hydrogen-bond donors (Lipinski definition) is 3. The van der Waals surface area contributed by atoms with Gasteiger partial charge in [0.05, 0.1) is 18.1 Å². The molecule has 0 saturated heterocycles. The largest absolute Gasteiger partial charge is 0.492 e. The van der Waals surface area contributed by atoms with Gasteiger partial charge in [-0.15, -0.1) is 0 Å². The Morgan fingerprint density at radius 1 is 1.35 bits per heavy atom. The number of carbonyl (C=O) groups excluding carboxylic acids is 1. The molecule has 0 unspecified atom stereocenters. The van der Waals surface area contributed by atoms with Gasteiger partial charge in [-0.3, -0.25) is 24.6 Å². The van der Waals surface area contributed by atoms with E-state index in [0.29, 0.717) is 23.6 Å². The summed E-state index contributed by atoms with van der Waals surface area (Å²) < 4.78 is 5.44. The number of nitrogens with zero attached hydrogens (tertiary/aromatic N) is 3. The third-order valence-electron chi connectivity index (χ3n) is 5.59. The monoisotopic (exact) mass is 422 g/mol. The Labute approximate surface area is 179 Å². The number of aromatic amines is 2. The van der Waals surface area contributed by atoms with Crippen LogP contribution in [0.5, 0.6) is 5.75 Å². The maximum atomic E-state index is 12.1. The van der Waals surface area contributed by atoms with Crippen LogP contribution in [0.4, 0.5) is 0 Å². The topological polar surface area (TPSA) is 116 Å². The van der Waals surface area contributed by atoms with Gasteiger partial charge in [0, 0.05) is 38.4 Å². The number of hydrogen-bond acceptors (Lipinski definition) is 6. The van der Waals surface area contributed by atoms with Crippen LogP contribution in [0.25, 0.3) is 16.6 Å². The number of rotatable bonds is 6. The molecule has 0 aliphatic carbocycles. The normalized spacial score (nSPS) is 14.5. The van der Waals surface area contributed by atoms with Gasteiger partial charge in [-0.2, -0.15) is 5.10 Å². The standard InChI is InChI=1S/C22H26N6O3/c1-4-14-10-16-17(25-21(14)29)9-13(11-24-16)12-28-7-5-15(6-8-28)18-20(31-3)19(27-26-18)22(30)23-2/h5,9-11H,4,6-8,12H2,1-3H3,(H,23,30)(H,25,29)(H,26,27). The number of carbonyl (C=O) groups is 1. The van der Waals surface area contributed by atoms with Crippen molar-refractivity contribution in [1.82, 2.24) is 30.4 Å². The fraction of sp³-hybridized carbons (Fsp3) is 0.364. The van der Waals surface area contributed by atoms with Crippen LogP contribution in [0.3, 0.4) is 0 Å². The molecule has 162 valence electrons. The van der Waals surface area contributed by atoms with Crippen molar-refractivity contribution >= 4 is 22.5 Å². The molecule has 0 bridgehead atoms. The first-order valence-electron chi connectivity index (χ1n) is 10.3. The second-order valence-electron chi connectivity index (χ2n) is 7.53. The lowest BCUT2D eigenvalue weighted by Crippen LogP contribution is -2.28. The van der Waals surface area contributed by atoms with E-state index in [1.165, 1.54) is 7.11 Å². The van der Waals surface area contributed by atoms with Crippen molar-refractivity contribution in [2.45, 2.75) is 26.3 Å². The molecule has 4 rings (SSSR count). The lowest BCUT2D eigenvalue weighted by atomic mass is 10.0. The molecular weight excluding hydrogens is 396 g/mol. The molecule has 0 atom stereocenters. The molecule has 4 heterocycles. The van der Waals surface area contributed by atoms with E-state index >= 15 is 0 Å². The lowest BCUT2D eigenvalue weighted by molar-refractivity contribution is 0.0955. The molecule has 0 saturated carbocycles. The second-order valence-corrected chi connectivity index (χ2v) is 7.53. The number of H-pyrrole nitrogens is 2. The van der Waals surface area contributed by atoms with E-state index in [9.17, 15) is 9.59 Å². The van der Waals surface area contributed by atoms with E-state index in [0.717, 1.165) is 53.8 Å². The highest BCUT2D eigenvalue weighted by Crippen LogP contribution is 2.31. The number of ether oxygens (including phenoxy) is 1. The van der Waals surface area contributed by atoms with Gasteiger partial charge in [0.15, 0.2) is 11.4 Å². The van der Waals surface area contributed by atoms with Crippen molar-refractivity contribution in [2.75, 3.05) is 27.2 Å². The summed E-state index contributed by atoms with van der Waals surface area (Å²) >= 11 is 0. The van der Waals surface area contributed by atoms with E-state index in [2.05, 4.69) is 36.5 Å². The minimum Gasteiger partial charge on any atom is -0.492 e. The molecule has 0 spiro atoms. The Morgan fingerprint density at radius 3 is 2.87 bits per heavy atom. The SMILES string of the molecule is CCc1cc2ncc(CN3CC=C(c4n[nH]c(C(=O)NC)c4OC)CC3)cc2[nH]c1=O. The molecule has 3 aromatic rings. The summed E-state index contributed by atoms with van der Waals surface area (Å²) in [4.78, 5) is 33.8. The minimum absolute atomic E-state index is 0.0522. The molecule has 9 heteroatoms. The van der Waals surface area contributed by atoms with Gasteiger partial charge in [-0.1, -0.05) is 13.0 Å². The molecule has 3 aromatic heterocycles. The number of pyridine rings is 2. The van der Waals surface area contributed by atoms with Gasteiger partial charge >= 0.3 is 0 Å². The first-order valence-corrected chi connectivity index (χ1v) is 10.3. The Morgan fingerprint density at radius 2 is 2.19 bits per heavy atom. The number of nitrogens with one attached hydrogen (secondary N) is 3. The van der Waals surface area contributed by atoms with Gasteiger partial charge in [0.1, 0.15) is 5.69 Å². The Hall–Kier alpha value is -3.46. The Bertz CT molecular complexity index is 1210. The summed E-state index contributed by atoms with van der Waals surface area (Å²) in [7, 11) is 3.11. The molecule has 3 N–H and O–H groups in total. The number of fused-ring (bicyclic) bond motifs is 1. The molecular formula is C22H26N6O3. The smallest absolute Gasteiger partial charge is 0.272 e. The van der Waals surface area contributed by atoms with Crippen molar-refractivity contribution in [3.05, 3.63) is 57.3 Å². The molecule has 1 amide bonds. The molecule has 1 aliphatic heterocycles. The zero-order chi connectivity index (χ0) is 22.0. The molecule has 0 radical (unpaired) electrons. The van der Waals surface area contributed by atoms with E-state index in [1.54, 1.807) is 7.05 Å². The highest BCUT2D eigenvalue weighted by atomic mass is 16.5. The number of methoxy groups -OCH3 is 1. The van der Waals surface area contributed by atoms with E-state index in [4.69, 9.17) is 4.74 Å². The maximum Gasteiger partial charge on any atom is 0.272 e. The first-order chi connectivity index (χ1) is 15.0. The summed E-state index contributed by atoms with van der Waals surface area (Å²) in [6.07, 6.45) is 5.44. The maximum absolute atomic E-state index is 12.1. The van der Waals surface area contributed by atoms with Gasteiger partial charge in [0.2, 0.25) is 0 Å². The van der Waals surface area contributed by atoms with Crippen molar-refractivity contribution < 1.29 is 9.53 Å². The highest BCUT2D eigenvalue weighted by Gasteiger charge is 2.24. The molecule has 31 heavy (non-hydrogen) atoms. The van der Waals surface area contributed by atoms with Gasteiger partial charge in [-0.25, -0.2) is 0 Å². The predicted molar refractivity (Wildman–Crippen MR) is 118 cm³/mol. The van der Waals surface area contributed by atoms with E-state index in [-0.39, 0.29) is 11.5 Å². The summed E-state index contributed by atoms with van der Waals surface area (Å²) in [6, 6.07) is 3.85. The first kappa shape index (κ1) is 20.8. The number of aromatic nitrogens is 4. The third kappa shape index (κ3) is 4.09. The summed E-state index contributed by atoms with van der Waals surface area (Å²) in [5.74, 6) is 0.203. The van der Waals surface area contributed by atoms with Gasteiger partial charge in [-0.05, 0) is 36.1 Å². The van der Waals surface area contributed by atoms with Crippen LogP contribution in [-0.4, -0.2) is 58.2 Å². The third-order valence-corrected chi connectivity index (χ3v) is 5.59. The Kier molecular flexibility index (Phi) is 5.85. The van der Waals surface area contributed by atoms with Crippen LogP contribution in [0.2, 0.25) is 0 Å². The van der Waals surface area contributed by atoms with Crippen LogP contribution in [-0.2, 0) is 13.0 Å². The highest BCUT2D eigenvalue weighted by molar-refractivity contribution is 5.96. The second kappa shape index (κ2) is 8.73. The average Bonchev–Trinajstić information content (AvgIpc) is 3.22.